The Labute approximate surface area is 81.9 Å². The summed E-state index contributed by atoms with van der Waals surface area (Å²) in [5.41, 5.74) is 0. The van der Waals surface area contributed by atoms with Gasteiger partial charge in [0.2, 0.25) is 0 Å². The van der Waals surface area contributed by atoms with Crippen molar-refractivity contribution < 1.29 is 0 Å². The van der Waals surface area contributed by atoms with E-state index < -0.39 is 0 Å². The summed E-state index contributed by atoms with van der Waals surface area (Å²) < 4.78 is 0. The predicted octanol–water partition coefficient (Wildman–Crippen LogP) is 3.70. The van der Waals surface area contributed by atoms with Crippen LogP contribution in [0.2, 0.25) is 0 Å². The second-order valence-electron chi connectivity index (χ2n) is 2.03. The molecule has 0 aliphatic rings. The summed E-state index contributed by atoms with van der Waals surface area (Å²) in [4.78, 5) is 0. The second-order valence-corrected chi connectivity index (χ2v) is 5.77. The van der Waals surface area contributed by atoms with E-state index in [0.717, 1.165) is 5.75 Å². The number of thiol groups is 2. The Morgan fingerprint density at radius 1 is 1.00 bits per heavy atom. The van der Waals surface area contributed by atoms with Gasteiger partial charge in [-0.1, -0.05) is 35.3 Å². The van der Waals surface area contributed by atoms with Crippen LogP contribution in [0.5, 0.6) is 0 Å². The number of unbranched alkanes of at least 4 members (excludes halogenated alkanes) is 3. The summed E-state index contributed by atoms with van der Waals surface area (Å²) in [5, 5.41) is 0. The lowest BCUT2D eigenvalue weighted by Gasteiger charge is -1.96. The van der Waals surface area contributed by atoms with E-state index in [2.05, 4.69) is 24.3 Å². The first-order valence-corrected chi connectivity index (χ1v) is 7.46. The van der Waals surface area contributed by atoms with Gasteiger partial charge in [-0.15, -0.1) is 0 Å². The lowest BCUT2D eigenvalue weighted by atomic mass is 10.2. The fourth-order valence-corrected chi connectivity index (χ4v) is 2.53. The molecule has 0 heterocycles. The molecule has 0 aromatic carbocycles. The number of hydrogen-bond acceptors (Lipinski definition) is 4. The maximum Gasteiger partial charge on any atom is 0.00450 e. The van der Waals surface area contributed by atoms with Crippen molar-refractivity contribution in [3.05, 3.63) is 0 Å². The summed E-state index contributed by atoms with van der Waals surface area (Å²) in [5.74, 6) is 2.27. The summed E-state index contributed by atoms with van der Waals surface area (Å²) in [6, 6.07) is 0. The van der Waals surface area contributed by atoms with E-state index in [0.29, 0.717) is 0 Å². The second kappa shape index (κ2) is 10.4. The van der Waals surface area contributed by atoms with E-state index >= 15 is 0 Å². The minimum atomic E-state index is 1.04. The lowest BCUT2D eigenvalue weighted by molar-refractivity contribution is 0.712. The van der Waals surface area contributed by atoms with E-state index in [9.17, 15) is 0 Å². The van der Waals surface area contributed by atoms with Crippen molar-refractivity contribution in [2.45, 2.75) is 25.7 Å². The quantitative estimate of drug-likeness (QED) is 0.377. The molecule has 0 amide bonds. The molecule has 10 heavy (non-hydrogen) atoms. The molecule has 0 bridgehead atoms. The van der Waals surface area contributed by atoms with Crippen LogP contribution >= 0.6 is 44.9 Å². The minimum Gasteiger partial charge on any atom is -0.179 e. The average molecular weight is 214 g/mol. The lowest BCUT2D eigenvalue weighted by Crippen LogP contribution is -1.80. The third-order valence-electron chi connectivity index (χ3n) is 1.19. The average Bonchev–Trinajstić information content (AvgIpc) is 1.97. The molecule has 0 aliphatic carbocycles. The SMILES string of the molecule is SCCCCCCSSS. The van der Waals surface area contributed by atoms with Gasteiger partial charge in [0.1, 0.15) is 0 Å². The third-order valence-corrected chi connectivity index (χ3v) is 3.83. The fraction of sp³-hybridized carbons (Fsp3) is 1.00. The molecule has 0 nitrogen and oxygen atoms in total. The predicted molar refractivity (Wildman–Crippen MR) is 61.4 cm³/mol. The maximum absolute atomic E-state index is 4.14. The smallest absolute Gasteiger partial charge is 0.00450 e. The molecule has 0 saturated heterocycles. The van der Waals surface area contributed by atoms with Gasteiger partial charge in [-0.2, -0.15) is 12.6 Å². The van der Waals surface area contributed by atoms with E-state index in [1.807, 2.05) is 10.8 Å². The van der Waals surface area contributed by atoms with E-state index in [1.165, 1.54) is 31.4 Å². The first-order valence-electron chi connectivity index (χ1n) is 3.45. The molecule has 0 N–H and O–H groups in total. The summed E-state index contributed by atoms with van der Waals surface area (Å²) >= 11 is 8.17. The molecule has 0 saturated carbocycles. The molecule has 62 valence electrons. The summed E-state index contributed by atoms with van der Waals surface area (Å²) in [6.45, 7) is 0. The van der Waals surface area contributed by atoms with Crippen LogP contribution in [-0.4, -0.2) is 11.5 Å². The molecule has 0 radical (unpaired) electrons. The molecule has 0 rings (SSSR count). The summed E-state index contributed by atoms with van der Waals surface area (Å²) in [6.07, 6.45) is 5.27. The zero-order chi connectivity index (χ0) is 7.66. The van der Waals surface area contributed by atoms with Crippen molar-refractivity contribution in [3.8, 4) is 0 Å². The van der Waals surface area contributed by atoms with Crippen LogP contribution in [0.4, 0.5) is 0 Å². The van der Waals surface area contributed by atoms with E-state index in [4.69, 9.17) is 0 Å². The van der Waals surface area contributed by atoms with Crippen LogP contribution in [0.15, 0.2) is 0 Å². The highest BCUT2D eigenvalue weighted by atomic mass is 33.5. The first-order chi connectivity index (χ1) is 4.91. The van der Waals surface area contributed by atoms with E-state index in [-0.39, 0.29) is 0 Å². The van der Waals surface area contributed by atoms with Crippen LogP contribution in [0, 0.1) is 0 Å². The largest absolute Gasteiger partial charge is 0.179 e. The van der Waals surface area contributed by atoms with Gasteiger partial charge >= 0.3 is 0 Å². The standard InChI is InChI=1S/C6H14S4/c7-5-3-1-2-4-6-9-10-8/h7-8H,1-6H2. The van der Waals surface area contributed by atoms with Gasteiger partial charge in [-0.3, -0.25) is 0 Å². The Morgan fingerprint density at radius 2 is 1.70 bits per heavy atom. The van der Waals surface area contributed by atoms with Gasteiger partial charge in [0, 0.05) is 5.75 Å². The van der Waals surface area contributed by atoms with Crippen molar-refractivity contribution >= 4 is 44.9 Å². The van der Waals surface area contributed by atoms with E-state index in [1.54, 1.807) is 9.83 Å². The van der Waals surface area contributed by atoms with Crippen molar-refractivity contribution in [2.24, 2.45) is 0 Å². The highest BCUT2D eigenvalue weighted by Gasteiger charge is 1.88. The Bertz CT molecular complexity index is 49.7. The first kappa shape index (κ1) is 11.4. The van der Waals surface area contributed by atoms with Gasteiger partial charge in [0.25, 0.3) is 0 Å². The van der Waals surface area contributed by atoms with Crippen LogP contribution in [0.3, 0.4) is 0 Å². The monoisotopic (exact) mass is 214 g/mol. The molecular weight excluding hydrogens is 200 g/mol. The van der Waals surface area contributed by atoms with Crippen molar-refractivity contribution in [3.63, 3.8) is 0 Å². The van der Waals surface area contributed by atoms with Gasteiger partial charge in [0.05, 0.1) is 0 Å². The third kappa shape index (κ3) is 9.40. The van der Waals surface area contributed by atoms with Crippen LogP contribution < -0.4 is 0 Å². The highest BCUT2D eigenvalue weighted by molar-refractivity contribution is 9.05. The Morgan fingerprint density at radius 3 is 2.30 bits per heavy atom. The van der Waals surface area contributed by atoms with Gasteiger partial charge in [-0.25, -0.2) is 0 Å². The van der Waals surface area contributed by atoms with Crippen molar-refractivity contribution in [1.29, 1.82) is 0 Å². The molecule has 0 fully saturated rings. The Balaban J connectivity index is 2.65. The zero-order valence-electron chi connectivity index (χ0n) is 5.95. The van der Waals surface area contributed by atoms with Crippen molar-refractivity contribution in [2.75, 3.05) is 11.5 Å². The van der Waals surface area contributed by atoms with Crippen molar-refractivity contribution in [1.82, 2.24) is 0 Å². The molecule has 0 aromatic rings. The van der Waals surface area contributed by atoms with Crippen LogP contribution in [-0.2, 0) is 0 Å². The fourth-order valence-electron chi connectivity index (χ4n) is 0.664. The normalized spacial score (nSPS) is 10.2. The summed E-state index contributed by atoms with van der Waals surface area (Å²) in [7, 11) is 3.39. The number of hydrogen-bond donors (Lipinski definition) is 2. The van der Waals surface area contributed by atoms with Crippen LogP contribution in [0.25, 0.3) is 0 Å². The number of rotatable bonds is 7. The molecule has 4 heteroatoms. The Hall–Kier alpha value is 1.40. The molecule has 0 aliphatic heterocycles. The molecule has 0 atom stereocenters. The van der Waals surface area contributed by atoms with Gasteiger partial charge in [0.15, 0.2) is 0 Å². The zero-order valence-corrected chi connectivity index (χ0v) is 9.38. The molecular formula is C6H14S4. The molecule has 0 unspecified atom stereocenters. The highest BCUT2D eigenvalue weighted by Crippen LogP contribution is 2.25. The minimum absolute atomic E-state index is 1.04. The Kier molecular flexibility index (Phi) is 11.9. The van der Waals surface area contributed by atoms with Gasteiger partial charge in [-0.05, 0) is 28.4 Å². The topological polar surface area (TPSA) is 0 Å². The van der Waals surface area contributed by atoms with Crippen LogP contribution in [0.1, 0.15) is 25.7 Å². The molecule has 0 spiro atoms. The maximum atomic E-state index is 4.14. The van der Waals surface area contributed by atoms with Gasteiger partial charge < -0.3 is 0 Å². The molecule has 0 aromatic heterocycles.